The average molecular weight is 330 g/mol. The van der Waals surface area contributed by atoms with Crippen molar-refractivity contribution in [3.05, 3.63) is 54.6 Å². The Morgan fingerprint density at radius 1 is 1.00 bits per heavy atom. The molecular weight excluding hydrogens is 308 g/mol. The van der Waals surface area contributed by atoms with Gasteiger partial charge in [0.1, 0.15) is 12.3 Å². The Kier molecular flexibility index (Phi) is 8.45. The maximum atomic E-state index is 11.4. The molecule has 0 saturated heterocycles. The smallest absolute Gasteiger partial charge is 0.322 e. The van der Waals surface area contributed by atoms with Crippen molar-refractivity contribution < 1.29 is 19.4 Å². The maximum absolute atomic E-state index is 11.4. The standard InChI is InChI=1S/C16H16N2O4.C2H6/c19-15(17-10-16(20)21)11-22-14-8-4-7-13(9-14)18-12-5-2-1-3-6-12;1-2/h1-9,18H,10-11H2,(H,17,19)(H,20,21);1-2H3. The summed E-state index contributed by atoms with van der Waals surface area (Å²) >= 11 is 0. The topological polar surface area (TPSA) is 87.7 Å². The van der Waals surface area contributed by atoms with Crippen LogP contribution < -0.4 is 15.4 Å². The highest BCUT2D eigenvalue weighted by Crippen LogP contribution is 2.21. The van der Waals surface area contributed by atoms with Crippen LogP contribution in [0.5, 0.6) is 5.75 Å². The molecule has 0 aliphatic carbocycles. The van der Waals surface area contributed by atoms with Crippen molar-refractivity contribution in [1.29, 1.82) is 0 Å². The summed E-state index contributed by atoms with van der Waals surface area (Å²) in [7, 11) is 0. The molecule has 2 aromatic carbocycles. The van der Waals surface area contributed by atoms with Crippen LogP contribution in [0.3, 0.4) is 0 Å². The molecule has 2 aromatic rings. The van der Waals surface area contributed by atoms with E-state index in [1.165, 1.54) is 0 Å². The van der Waals surface area contributed by atoms with E-state index in [1.807, 2.05) is 50.2 Å². The van der Waals surface area contributed by atoms with Gasteiger partial charge in [-0.15, -0.1) is 0 Å². The lowest BCUT2D eigenvalue weighted by Gasteiger charge is -2.09. The first-order valence-corrected chi connectivity index (χ1v) is 7.67. The zero-order valence-corrected chi connectivity index (χ0v) is 13.8. The van der Waals surface area contributed by atoms with Crippen LogP contribution in [0.2, 0.25) is 0 Å². The van der Waals surface area contributed by atoms with Crippen molar-refractivity contribution in [1.82, 2.24) is 5.32 Å². The van der Waals surface area contributed by atoms with E-state index in [9.17, 15) is 9.59 Å². The zero-order valence-electron chi connectivity index (χ0n) is 13.8. The van der Waals surface area contributed by atoms with E-state index in [4.69, 9.17) is 9.84 Å². The molecule has 0 fully saturated rings. The Morgan fingerprint density at radius 2 is 1.67 bits per heavy atom. The number of carboxylic acids is 1. The number of carboxylic acid groups (broad SMARTS) is 1. The molecule has 2 rings (SSSR count). The van der Waals surface area contributed by atoms with E-state index in [-0.39, 0.29) is 6.61 Å². The first-order valence-electron chi connectivity index (χ1n) is 7.67. The summed E-state index contributed by atoms with van der Waals surface area (Å²) in [4.78, 5) is 21.7. The molecule has 0 heterocycles. The van der Waals surface area contributed by atoms with Gasteiger partial charge < -0.3 is 20.5 Å². The Morgan fingerprint density at radius 3 is 2.33 bits per heavy atom. The van der Waals surface area contributed by atoms with E-state index in [2.05, 4.69) is 10.6 Å². The van der Waals surface area contributed by atoms with Crippen molar-refractivity contribution in [2.45, 2.75) is 13.8 Å². The van der Waals surface area contributed by atoms with Crippen LogP contribution in [0.4, 0.5) is 11.4 Å². The summed E-state index contributed by atoms with van der Waals surface area (Å²) in [6, 6.07) is 16.8. The number of benzene rings is 2. The minimum atomic E-state index is -1.09. The highest BCUT2D eigenvalue weighted by atomic mass is 16.5. The molecule has 0 saturated carbocycles. The van der Waals surface area contributed by atoms with E-state index in [1.54, 1.807) is 18.2 Å². The van der Waals surface area contributed by atoms with E-state index >= 15 is 0 Å². The van der Waals surface area contributed by atoms with Crippen LogP contribution in [0.15, 0.2) is 54.6 Å². The maximum Gasteiger partial charge on any atom is 0.322 e. The third kappa shape index (κ3) is 7.31. The second kappa shape index (κ2) is 10.7. The molecule has 24 heavy (non-hydrogen) atoms. The van der Waals surface area contributed by atoms with Crippen LogP contribution >= 0.6 is 0 Å². The lowest BCUT2D eigenvalue weighted by atomic mass is 10.2. The van der Waals surface area contributed by atoms with Gasteiger partial charge >= 0.3 is 5.97 Å². The van der Waals surface area contributed by atoms with Crippen molar-refractivity contribution in [2.75, 3.05) is 18.5 Å². The minimum absolute atomic E-state index is 0.234. The molecule has 0 atom stereocenters. The van der Waals surface area contributed by atoms with Gasteiger partial charge in [0.15, 0.2) is 6.61 Å². The highest BCUT2D eigenvalue weighted by Gasteiger charge is 2.05. The first kappa shape index (κ1) is 19.0. The molecule has 0 aliphatic rings. The summed E-state index contributed by atoms with van der Waals surface area (Å²) < 4.78 is 5.33. The van der Waals surface area contributed by atoms with E-state index < -0.39 is 18.4 Å². The third-order valence-electron chi connectivity index (χ3n) is 2.70. The number of aliphatic carboxylic acids is 1. The lowest BCUT2D eigenvalue weighted by molar-refractivity contribution is -0.138. The zero-order chi connectivity index (χ0) is 17.8. The van der Waals surface area contributed by atoms with E-state index in [0.29, 0.717) is 5.75 Å². The summed E-state index contributed by atoms with van der Waals surface area (Å²) in [5.41, 5.74) is 1.77. The third-order valence-corrected chi connectivity index (χ3v) is 2.70. The fraction of sp³-hybridized carbons (Fsp3) is 0.222. The largest absolute Gasteiger partial charge is 0.484 e. The number of hydrogen-bond acceptors (Lipinski definition) is 4. The van der Waals surface area contributed by atoms with Gasteiger partial charge in [-0.25, -0.2) is 0 Å². The second-order valence-electron chi connectivity index (χ2n) is 4.48. The fourth-order valence-corrected chi connectivity index (χ4v) is 1.73. The number of rotatable bonds is 7. The Balaban J connectivity index is 0.00000139. The average Bonchev–Trinajstić information content (AvgIpc) is 2.61. The number of hydrogen-bond donors (Lipinski definition) is 3. The van der Waals surface area contributed by atoms with Gasteiger partial charge in [-0.3, -0.25) is 9.59 Å². The normalized spacial score (nSPS) is 9.25. The fourth-order valence-electron chi connectivity index (χ4n) is 1.73. The molecule has 0 spiro atoms. The number of carbonyl (C=O) groups excluding carboxylic acids is 1. The first-order chi connectivity index (χ1) is 11.6. The van der Waals surface area contributed by atoms with E-state index in [0.717, 1.165) is 11.4 Å². The molecule has 6 heteroatoms. The van der Waals surface area contributed by atoms with Crippen molar-refractivity contribution in [3.63, 3.8) is 0 Å². The number of nitrogens with one attached hydrogen (secondary N) is 2. The SMILES string of the molecule is CC.O=C(O)CNC(=O)COc1cccc(Nc2ccccc2)c1. The monoisotopic (exact) mass is 330 g/mol. The summed E-state index contributed by atoms with van der Waals surface area (Å²) in [5.74, 6) is -1.06. The molecule has 6 nitrogen and oxygen atoms in total. The van der Waals surface area contributed by atoms with Gasteiger partial charge in [0.25, 0.3) is 5.91 Å². The number of ether oxygens (including phenoxy) is 1. The lowest BCUT2D eigenvalue weighted by Crippen LogP contribution is -2.33. The Labute approximate surface area is 141 Å². The summed E-state index contributed by atoms with van der Waals surface area (Å²) in [6.07, 6.45) is 0. The van der Waals surface area contributed by atoms with Crippen molar-refractivity contribution in [3.8, 4) is 5.75 Å². The molecule has 1 amide bonds. The molecule has 128 valence electrons. The predicted molar refractivity (Wildman–Crippen MR) is 93.7 cm³/mol. The van der Waals surface area contributed by atoms with Crippen molar-refractivity contribution in [2.24, 2.45) is 0 Å². The Bertz CT molecular complexity index is 644. The van der Waals surface area contributed by atoms with Gasteiger partial charge in [-0.05, 0) is 24.3 Å². The molecular formula is C18H22N2O4. The van der Waals surface area contributed by atoms with Gasteiger partial charge in [0.2, 0.25) is 0 Å². The number of carbonyl (C=O) groups is 2. The molecule has 0 aliphatic heterocycles. The van der Waals surface area contributed by atoms with Crippen molar-refractivity contribution >= 4 is 23.3 Å². The van der Waals surface area contributed by atoms with Crippen LogP contribution in [0, 0.1) is 0 Å². The highest BCUT2D eigenvalue weighted by molar-refractivity contribution is 5.82. The second-order valence-corrected chi connectivity index (χ2v) is 4.48. The number of amides is 1. The molecule has 0 radical (unpaired) electrons. The van der Waals surface area contributed by atoms with Crippen LogP contribution in [-0.2, 0) is 9.59 Å². The summed E-state index contributed by atoms with van der Waals surface area (Å²) in [5, 5.41) is 13.9. The van der Waals surface area contributed by atoms with Gasteiger partial charge in [-0.2, -0.15) is 0 Å². The number of para-hydroxylation sites is 1. The van der Waals surface area contributed by atoms with Gasteiger partial charge in [0.05, 0.1) is 0 Å². The van der Waals surface area contributed by atoms with Gasteiger partial charge in [0, 0.05) is 17.4 Å². The molecule has 0 aromatic heterocycles. The molecule has 0 bridgehead atoms. The minimum Gasteiger partial charge on any atom is -0.484 e. The summed E-state index contributed by atoms with van der Waals surface area (Å²) in [6.45, 7) is 3.35. The number of anilines is 2. The van der Waals surface area contributed by atoms with Crippen LogP contribution in [0.1, 0.15) is 13.8 Å². The van der Waals surface area contributed by atoms with Crippen LogP contribution in [0.25, 0.3) is 0 Å². The predicted octanol–water partition coefficient (Wildman–Crippen LogP) is 3.04. The van der Waals surface area contributed by atoms with Gasteiger partial charge in [-0.1, -0.05) is 38.1 Å². The molecule has 0 unspecified atom stereocenters. The van der Waals surface area contributed by atoms with Crippen LogP contribution in [-0.4, -0.2) is 30.1 Å². The quantitative estimate of drug-likeness (QED) is 0.726. The Hall–Kier alpha value is -3.02. The molecule has 3 N–H and O–H groups in total.